The van der Waals surface area contributed by atoms with E-state index in [4.69, 9.17) is 33.2 Å². The van der Waals surface area contributed by atoms with Gasteiger partial charge in [0.15, 0.2) is 18.7 Å². The number of carbonyl (C=O) groups excluding carboxylic acids is 2. The van der Waals surface area contributed by atoms with Crippen LogP contribution in [0.3, 0.4) is 0 Å². The van der Waals surface area contributed by atoms with Gasteiger partial charge in [0.25, 0.3) is 0 Å². The smallest absolute Gasteiger partial charge is 0.408 e. The van der Waals surface area contributed by atoms with E-state index in [0.717, 1.165) is 12.8 Å². The Bertz CT molecular complexity index is 744. The van der Waals surface area contributed by atoms with Crippen molar-refractivity contribution in [1.29, 1.82) is 0 Å². The van der Waals surface area contributed by atoms with E-state index in [1.54, 1.807) is 6.92 Å². The quantitative estimate of drug-likeness (QED) is 0.100. The molecule has 6 N–H and O–H groups in total. The van der Waals surface area contributed by atoms with Gasteiger partial charge >= 0.3 is 12.1 Å². The summed E-state index contributed by atoms with van der Waals surface area (Å²) in [6.45, 7) is 3.20. The molecule has 2 fully saturated rings. The fourth-order valence-electron chi connectivity index (χ4n) is 4.31. The third-order valence-electron chi connectivity index (χ3n) is 6.50. The van der Waals surface area contributed by atoms with Gasteiger partial charge in [-0.2, -0.15) is 0 Å². The van der Waals surface area contributed by atoms with Gasteiger partial charge in [0, 0.05) is 14.2 Å². The van der Waals surface area contributed by atoms with Gasteiger partial charge in [-0.25, -0.2) is 9.59 Å². The number of rotatable bonds is 14. The Balaban J connectivity index is 2.06. The molecule has 0 saturated carbocycles. The van der Waals surface area contributed by atoms with E-state index >= 15 is 0 Å². The van der Waals surface area contributed by atoms with Gasteiger partial charge in [-0.15, -0.1) is 0 Å². The van der Waals surface area contributed by atoms with E-state index in [-0.39, 0.29) is 13.2 Å². The Labute approximate surface area is 227 Å². The van der Waals surface area contributed by atoms with Crippen molar-refractivity contribution in [2.75, 3.05) is 34.0 Å². The second-order valence-corrected chi connectivity index (χ2v) is 9.38. The first-order valence-corrected chi connectivity index (χ1v) is 13.1. The summed E-state index contributed by atoms with van der Waals surface area (Å²) < 4.78 is 36.9. The molecule has 11 atom stereocenters. The Morgan fingerprint density at radius 3 is 2.13 bits per heavy atom. The van der Waals surface area contributed by atoms with Gasteiger partial charge in [-0.1, -0.05) is 26.2 Å². The molecular weight excluding hydrogens is 526 g/mol. The third kappa shape index (κ3) is 9.18. The lowest BCUT2D eigenvalue weighted by Gasteiger charge is -2.43. The van der Waals surface area contributed by atoms with Gasteiger partial charge in [-0.05, 0) is 13.3 Å². The topological polar surface area (TPSA) is 212 Å². The van der Waals surface area contributed by atoms with Crippen LogP contribution < -0.4 is 5.32 Å². The highest BCUT2D eigenvalue weighted by atomic mass is 16.7. The molecule has 2 rings (SSSR count). The molecule has 0 bridgehead atoms. The molecule has 2 aliphatic rings. The number of aliphatic hydroxyl groups is 5. The predicted molar refractivity (Wildman–Crippen MR) is 130 cm³/mol. The van der Waals surface area contributed by atoms with Crippen LogP contribution >= 0.6 is 0 Å². The van der Waals surface area contributed by atoms with Gasteiger partial charge < -0.3 is 64.0 Å². The maximum absolute atomic E-state index is 12.7. The average Bonchev–Trinajstić information content (AvgIpc) is 2.91. The Morgan fingerprint density at radius 2 is 1.51 bits per heavy atom. The highest BCUT2D eigenvalue weighted by molar-refractivity contribution is 5.81. The number of esters is 1. The summed E-state index contributed by atoms with van der Waals surface area (Å²) >= 11 is 0. The zero-order valence-corrected chi connectivity index (χ0v) is 22.7. The average molecular weight is 570 g/mol. The molecule has 228 valence electrons. The zero-order chi connectivity index (χ0) is 29.1. The maximum atomic E-state index is 12.7. The van der Waals surface area contributed by atoms with Crippen LogP contribution in [0.2, 0.25) is 0 Å². The zero-order valence-electron chi connectivity index (χ0n) is 22.7. The molecular formula is C24H43NO14. The van der Waals surface area contributed by atoms with Crippen molar-refractivity contribution in [3.8, 4) is 0 Å². The number of aliphatic hydroxyl groups excluding tert-OH is 5. The molecule has 0 aliphatic carbocycles. The van der Waals surface area contributed by atoms with Crippen LogP contribution in [0, 0.1) is 0 Å². The summed E-state index contributed by atoms with van der Waals surface area (Å²) in [5.41, 5.74) is 0. The number of ether oxygens (including phenoxy) is 7. The number of amides is 1. The first kappa shape index (κ1) is 33.5. The number of unbranched alkanes of at least 4 members (excludes halogenated alkanes) is 2. The first-order valence-electron chi connectivity index (χ1n) is 13.1. The van der Waals surface area contributed by atoms with Gasteiger partial charge in [0.05, 0.1) is 19.8 Å². The van der Waals surface area contributed by atoms with Crippen molar-refractivity contribution >= 4 is 12.1 Å². The normalized spacial score (nSPS) is 35.7. The lowest BCUT2D eigenvalue weighted by atomic mass is 9.98. The van der Waals surface area contributed by atoms with E-state index < -0.39 is 86.1 Å². The molecule has 0 aromatic carbocycles. The number of hydrogen-bond donors (Lipinski definition) is 6. The standard InChI is InChI=1S/C24H43NO14/c1-5-7-8-9-12(21(31)35-6-2)25-24(32)39-20-16(27)14(37-22(34-4)19(20)30)11-36-23-18(29)17(28)15(26)13(38-23)10-33-3/h12-20,22-23,26-30H,5-11H2,1-4H3,(H,25,32)/t12-,13?,14?,15+,16+,17-,18?,19?,20-,22-,23+/m0/s1. The summed E-state index contributed by atoms with van der Waals surface area (Å²) in [6.07, 6.45) is -12.8. The molecule has 39 heavy (non-hydrogen) atoms. The van der Waals surface area contributed by atoms with Crippen molar-refractivity contribution in [2.45, 2.75) is 107 Å². The van der Waals surface area contributed by atoms with E-state index in [1.165, 1.54) is 14.2 Å². The Kier molecular flexibility index (Phi) is 14.3. The number of methoxy groups -OCH3 is 2. The van der Waals surface area contributed by atoms with E-state index in [9.17, 15) is 35.1 Å². The fourth-order valence-corrected chi connectivity index (χ4v) is 4.31. The van der Waals surface area contributed by atoms with Gasteiger partial charge in [0.2, 0.25) is 0 Å². The van der Waals surface area contributed by atoms with E-state index in [2.05, 4.69) is 5.32 Å². The van der Waals surface area contributed by atoms with Crippen LogP contribution in [0.4, 0.5) is 4.79 Å². The summed E-state index contributed by atoms with van der Waals surface area (Å²) in [5, 5.41) is 54.3. The molecule has 2 saturated heterocycles. The van der Waals surface area contributed by atoms with E-state index in [0.29, 0.717) is 12.8 Å². The summed E-state index contributed by atoms with van der Waals surface area (Å²) in [6, 6.07) is -0.984. The molecule has 0 aromatic heterocycles. The van der Waals surface area contributed by atoms with Crippen LogP contribution in [0.25, 0.3) is 0 Å². The lowest BCUT2D eigenvalue weighted by Crippen LogP contribution is -2.62. The SMILES string of the molecule is CCCCC[C@H](NC(=O)O[C@@H]1C(O)[C@@H](OC)OC(CO[C@@H]2OC(COC)[C@@H](O)[C@H](O)C2O)[C@H]1O)C(=O)OCC. The maximum Gasteiger partial charge on any atom is 0.408 e. The lowest BCUT2D eigenvalue weighted by molar-refractivity contribution is -0.328. The highest BCUT2D eigenvalue weighted by Gasteiger charge is 2.49. The van der Waals surface area contributed by atoms with Crippen LogP contribution in [0.15, 0.2) is 0 Å². The largest absolute Gasteiger partial charge is 0.464 e. The van der Waals surface area contributed by atoms with Crippen molar-refractivity contribution < 1.29 is 68.3 Å². The van der Waals surface area contributed by atoms with Crippen molar-refractivity contribution in [3.63, 3.8) is 0 Å². The van der Waals surface area contributed by atoms with Crippen LogP contribution in [0.1, 0.15) is 39.5 Å². The number of nitrogens with one attached hydrogen (secondary N) is 1. The molecule has 0 radical (unpaired) electrons. The molecule has 0 aromatic rings. The van der Waals surface area contributed by atoms with Crippen molar-refractivity contribution in [2.24, 2.45) is 0 Å². The van der Waals surface area contributed by atoms with Gasteiger partial charge in [0.1, 0.15) is 48.8 Å². The minimum absolute atomic E-state index is 0.0957. The molecule has 0 spiro atoms. The fraction of sp³-hybridized carbons (Fsp3) is 0.917. The Morgan fingerprint density at radius 1 is 0.846 bits per heavy atom. The number of hydrogen-bond acceptors (Lipinski definition) is 14. The molecule has 15 nitrogen and oxygen atoms in total. The molecule has 1 amide bonds. The monoisotopic (exact) mass is 569 g/mol. The molecule has 4 unspecified atom stereocenters. The highest BCUT2D eigenvalue weighted by Crippen LogP contribution is 2.27. The minimum atomic E-state index is -1.64. The summed E-state index contributed by atoms with van der Waals surface area (Å²) in [7, 11) is 2.59. The Hall–Kier alpha value is -1.66. The third-order valence-corrected chi connectivity index (χ3v) is 6.50. The summed E-state index contributed by atoms with van der Waals surface area (Å²) in [5.74, 6) is -0.634. The predicted octanol–water partition coefficient (Wildman–Crippen LogP) is -1.84. The second-order valence-electron chi connectivity index (χ2n) is 9.38. The molecule has 2 aliphatic heterocycles. The van der Waals surface area contributed by atoms with Crippen LogP contribution in [-0.2, 0) is 38.0 Å². The number of alkyl carbamates (subject to hydrolysis) is 1. The van der Waals surface area contributed by atoms with E-state index in [1.807, 2.05) is 6.92 Å². The van der Waals surface area contributed by atoms with Crippen molar-refractivity contribution in [3.05, 3.63) is 0 Å². The number of carbonyl (C=O) groups is 2. The second kappa shape index (κ2) is 16.6. The first-order chi connectivity index (χ1) is 18.6. The van der Waals surface area contributed by atoms with Crippen LogP contribution in [-0.4, -0.2) is 139 Å². The van der Waals surface area contributed by atoms with Gasteiger partial charge in [-0.3, -0.25) is 0 Å². The van der Waals surface area contributed by atoms with Crippen LogP contribution in [0.5, 0.6) is 0 Å². The van der Waals surface area contributed by atoms with Crippen molar-refractivity contribution in [1.82, 2.24) is 5.32 Å². The summed E-state index contributed by atoms with van der Waals surface area (Å²) in [4.78, 5) is 25.0. The minimum Gasteiger partial charge on any atom is -0.464 e. The molecule has 2 heterocycles. The molecule has 15 heteroatoms.